The first-order valence-electron chi connectivity index (χ1n) is 8.45. The summed E-state index contributed by atoms with van der Waals surface area (Å²) >= 11 is 6.12. The molecule has 5 heteroatoms. The minimum Gasteiger partial charge on any atom is -0.479 e. The largest absolute Gasteiger partial charge is 0.479 e. The number of amides is 1. The molecule has 0 bridgehead atoms. The Bertz CT molecular complexity index is 528. The van der Waals surface area contributed by atoms with Crippen LogP contribution in [0, 0.1) is 6.92 Å². The molecule has 1 aliphatic heterocycles. The summed E-state index contributed by atoms with van der Waals surface area (Å²) in [5.41, 5.74) is 1.06. The van der Waals surface area contributed by atoms with Crippen LogP contribution in [0.1, 0.15) is 38.7 Å². The van der Waals surface area contributed by atoms with Gasteiger partial charge in [0, 0.05) is 19.1 Å². The van der Waals surface area contributed by atoms with E-state index in [1.54, 1.807) is 13.0 Å². The van der Waals surface area contributed by atoms with E-state index in [-0.39, 0.29) is 11.9 Å². The summed E-state index contributed by atoms with van der Waals surface area (Å²) in [6.07, 6.45) is 2.63. The molecule has 0 saturated carbocycles. The Hall–Kier alpha value is -1.26. The monoisotopic (exact) mass is 338 g/mol. The highest BCUT2D eigenvalue weighted by molar-refractivity contribution is 6.32. The van der Waals surface area contributed by atoms with Crippen LogP contribution < -0.4 is 10.1 Å². The SMILES string of the molecule is CCCN1CCC(NC(=O)C(C)Oc2cc(C)ccc2Cl)CC1. The number of nitrogens with zero attached hydrogens (tertiary/aromatic N) is 1. The van der Waals surface area contributed by atoms with Crippen LogP contribution in [-0.2, 0) is 4.79 Å². The van der Waals surface area contributed by atoms with Crippen LogP contribution >= 0.6 is 11.6 Å². The first kappa shape index (κ1) is 18.1. The van der Waals surface area contributed by atoms with Gasteiger partial charge < -0.3 is 15.0 Å². The van der Waals surface area contributed by atoms with E-state index in [2.05, 4.69) is 17.1 Å². The lowest BCUT2D eigenvalue weighted by atomic mass is 10.0. The van der Waals surface area contributed by atoms with Gasteiger partial charge in [0.1, 0.15) is 5.75 Å². The van der Waals surface area contributed by atoms with E-state index in [1.165, 1.54) is 6.42 Å². The summed E-state index contributed by atoms with van der Waals surface area (Å²) in [4.78, 5) is 14.8. The van der Waals surface area contributed by atoms with Crippen molar-refractivity contribution in [2.24, 2.45) is 0 Å². The number of halogens is 1. The van der Waals surface area contributed by atoms with Gasteiger partial charge in [-0.2, -0.15) is 0 Å². The Balaban J connectivity index is 1.82. The second-order valence-electron chi connectivity index (χ2n) is 6.32. The van der Waals surface area contributed by atoms with E-state index < -0.39 is 6.10 Å². The molecule has 1 aromatic rings. The zero-order chi connectivity index (χ0) is 16.8. The molecule has 1 amide bonds. The van der Waals surface area contributed by atoms with E-state index in [1.807, 2.05) is 19.1 Å². The lowest BCUT2D eigenvalue weighted by Crippen LogP contribution is -2.48. The number of carbonyl (C=O) groups excluding carboxylic acids is 1. The smallest absolute Gasteiger partial charge is 0.260 e. The number of ether oxygens (including phenoxy) is 1. The maximum atomic E-state index is 12.3. The van der Waals surface area contributed by atoms with Crippen LogP contribution in [0.2, 0.25) is 5.02 Å². The van der Waals surface area contributed by atoms with E-state index in [0.717, 1.165) is 38.0 Å². The zero-order valence-corrected chi connectivity index (χ0v) is 15.0. The molecule has 1 atom stereocenters. The molecule has 1 aliphatic rings. The van der Waals surface area contributed by atoms with Gasteiger partial charge >= 0.3 is 0 Å². The first-order chi connectivity index (χ1) is 11.0. The van der Waals surface area contributed by atoms with E-state index >= 15 is 0 Å². The first-order valence-corrected chi connectivity index (χ1v) is 8.83. The summed E-state index contributed by atoms with van der Waals surface area (Å²) in [5.74, 6) is 0.489. The zero-order valence-electron chi connectivity index (χ0n) is 14.3. The highest BCUT2D eigenvalue weighted by atomic mass is 35.5. The standard InChI is InChI=1S/C18H27ClN2O2/c1-4-9-21-10-7-15(8-11-21)20-18(22)14(3)23-17-12-13(2)5-6-16(17)19/h5-6,12,14-15H,4,7-11H2,1-3H3,(H,20,22). The molecule has 0 radical (unpaired) electrons. The van der Waals surface area contributed by atoms with Crippen LogP contribution in [-0.4, -0.2) is 42.6 Å². The number of rotatable bonds is 6. The molecule has 2 rings (SSSR count). The third kappa shape index (κ3) is 5.40. The van der Waals surface area contributed by atoms with Crippen molar-refractivity contribution in [2.75, 3.05) is 19.6 Å². The predicted octanol–water partition coefficient (Wildman–Crippen LogP) is 3.41. The Labute approximate surface area is 144 Å². The average Bonchev–Trinajstić information content (AvgIpc) is 2.53. The fourth-order valence-corrected chi connectivity index (χ4v) is 3.04. The van der Waals surface area contributed by atoms with Gasteiger partial charge in [-0.3, -0.25) is 4.79 Å². The third-order valence-corrected chi connectivity index (χ3v) is 4.55. The number of piperidine rings is 1. The highest BCUT2D eigenvalue weighted by Gasteiger charge is 2.23. The van der Waals surface area contributed by atoms with Crippen molar-refractivity contribution in [3.8, 4) is 5.75 Å². The summed E-state index contributed by atoms with van der Waals surface area (Å²) in [6.45, 7) is 9.18. The minimum absolute atomic E-state index is 0.0727. The van der Waals surface area contributed by atoms with Gasteiger partial charge in [0.25, 0.3) is 5.91 Å². The van der Waals surface area contributed by atoms with Crippen molar-refractivity contribution >= 4 is 17.5 Å². The van der Waals surface area contributed by atoms with E-state index in [4.69, 9.17) is 16.3 Å². The number of carbonyl (C=O) groups is 1. The van der Waals surface area contributed by atoms with Crippen molar-refractivity contribution in [1.29, 1.82) is 0 Å². The summed E-state index contributed by atoms with van der Waals surface area (Å²) < 4.78 is 5.73. The van der Waals surface area contributed by atoms with Gasteiger partial charge in [-0.1, -0.05) is 24.6 Å². The van der Waals surface area contributed by atoms with Crippen molar-refractivity contribution < 1.29 is 9.53 Å². The molecular weight excluding hydrogens is 312 g/mol. The molecule has 1 fully saturated rings. The second-order valence-corrected chi connectivity index (χ2v) is 6.73. The number of aryl methyl sites for hydroxylation is 1. The maximum absolute atomic E-state index is 12.3. The van der Waals surface area contributed by atoms with Crippen molar-refractivity contribution in [3.05, 3.63) is 28.8 Å². The number of hydrogen-bond acceptors (Lipinski definition) is 3. The average molecular weight is 339 g/mol. The van der Waals surface area contributed by atoms with Crippen LogP contribution in [0.15, 0.2) is 18.2 Å². The van der Waals surface area contributed by atoms with Crippen LogP contribution in [0.3, 0.4) is 0 Å². The second kappa shape index (κ2) is 8.55. The Morgan fingerprint density at radius 2 is 2.13 bits per heavy atom. The van der Waals surface area contributed by atoms with Gasteiger partial charge in [-0.05, 0) is 57.4 Å². The molecule has 1 aromatic carbocycles. The van der Waals surface area contributed by atoms with Crippen molar-refractivity contribution in [1.82, 2.24) is 10.2 Å². The fourth-order valence-electron chi connectivity index (χ4n) is 2.88. The highest BCUT2D eigenvalue weighted by Crippen LogP contribution is 2.26. The number of likely N-dealkylation sites (tertiary alicyclic amines) is 1. The van der Waals surface area contributed by atoms with Gasteiger partial charge in [0.05, 0.1) is 5.02 Å². The Morgan fingerprint density at radius 1 is 1.43 bits per heavy atom. The third-order valence-electron chi connectivity index (χ3n) is 4.23. The van der Waals surface area contributed by atoms with Crippen molar-refractivity contribution in [2.45, 2.75) is 52.2 Å². The topological polar surface area (TPSA) is 41.6 Å². The van der Waals surface area contributed by atoms with Crippen molar-refractivity contribution in [3.63, 3.8) is 0 Å². The van der Waals surface area contributed by atoms with Crippen LogP contribution in [0.5, 0.6) is 5.75 Å². The molecular formula is C18H27ClN2O2. The summed E-state index contributed by atoms with van der Waals surface area (Å²) in [7, 11) is 0. The number of nitrogens with one attached hydrogen (secondary N) is 1. The number of hydrogen-bond donors (Lipinski definition) is 1. The van der Waals surface area contributed by atoms with Crippen LogP contribution in [0.25, 0.3) is 0 Å². The molecule has 0 spiro atoms. The molecule has 4 nitrogen and oxygen atoms in total. The van der Waals surface area contributed by atoms with Gasteiger partial charge in [-0.15, -0.1) is 0 Å². The lowest BCUT2D eigenvalue weighted by molar-refractivity contribution is -0.128. The summed E-state index contributed by atoms with van der Waals surface area (Å²) in [5, 5.41) is 3.63. The van der Waals surface area contributed by atoms with Gasteiger partial charge in [0.15, 0.2) is 6.10 Å². The molecule has 23 heavy (non-hydrogen) atoms. The van der Waals surface area contributed by atoms with E-state index in [0.29, 0.717) is 10.8 Å². The molecule has 1 unspecified atom stereocenters. The molecule has 1 N–H and O–H groups in total. The molecule has 128 valence electrons. The molecule has 0 aromatic heterocycles. The van der Waals surface area contributed by atoms with Gasteiger partial charge in [0.2, 0.25) is 0 Å². The molecule has 1 heterocycles. The predicted molar refractivity (Wildman–Crippen MR) is 94.2 cm³/mol. The molecule has 0 aliphatic carbocycles. The van der Waals surface area contributed by atoms with E-state index in [9.17, 15) is 4.79 Å². The fraction of sp³-hybridized carbons (Fsp3) is 0.611. The molecule has 1 saturated heterocycles. The van der Waals surface area contributed by atoms with Gasteiger partial charge in [-0.25, -0.2) is 0 Å². The Kier molecular flexibility index (Phi) is 6.72. The maximum Gasteiger partial charge on any atom is 0.260 e. The normalized spacial score (nSPS) is 17.7. The quantitative estimate of drug-likeness (QED) is 0.864. The lowest BCUT2D eigenvalue weighted by Gasteiger charge is -2.32. The minimum atomic E-state index is -0.553. The number of benzene rings is 1. The summed E-state index contributed by atoms with van der Waals surface area (Å²) in [6, 6.07) is 5.81. The Morgan fingerprint density at radius 3 is 2.78 bits per heavy atom. The van der Waals surface area contributed by atoms with Crippen LogP contribution in [0.4, 0.5) is 0 Å².